The van der Waals surface area contributed by atoms with Crippen LogP contribution in [-0.4, -0.2) is 37.2 Å². The number of rotatable bonds is 6. The van der Waals surface area contributed by atoms with Crippen molar-refractivity contribution in [1.82, 2.24) is 19.7 Å². The number of ether oxygens (including phenoxy) is 1. The maximum absolute atomic E-state index is 12.6. The van der Waals surface area contributed by atoms with Crippen molar-refractivity contribution in [3.8, 4) is 11.4 Å². The van der Waals surface area contributed by atoms with Gasteiger partial charge in [0.25, 0.3) is 11.6 Å². The van der Waals surface area contributed by atoms with Crippen LogP contribution in [0.5, 0.6) is 5.75 Å². The molecule has 0 bridgehead atoms. The number of nitrogens with one attached hydrogen (secondary N) is 1. The van der Waals surface area contributed by atoms with Crippen LogP contribution in [0.15, 0.2) is 49.1 Å². The molecule has 0 saturated heterocycles. The Labute approximate surface area is 167 Å². The fraction of sp³-hybridized carbons (Fsp3) is 0.111. The molecule has 2 aromatic carbocycles. The molecule has 0 unspecified atom stereocenters. The van der Waals surface area contributed by atoms with Crippen LogP contribution in [0, 0.1) is 10.1 Å². The minimum atomic E-state index is -0.569. The predicted octanol–water partition coefficient (Wildman–Crippen LogP) is 3.44. The van der Waals surface area contributed by atoms with Crippen LogP contribution >= 0.6 is 11.3 Å². The van der Waals surface area contributed by atoms with E-state index >= 15 is 0 Å². The monoisotopic (exact) mass is 410 g/mol. The highest BCUT2D eigenvalue weighted by Crippen LogP contribution is 2.30. The smallest absolute Gasteiger partial charge is 0.295 e. The van der Waals surface area contributed by atoms with Crippen LogP contribution in [-0.2, 0) is 0 Å². The summed E-state index contributed by atoms with van der Waals surface area (Å²) < 4.78 is 7.59. The van der Waals surface area contributed by atoms with Gasteiger partial charge in [0.2, 0.25) is 0 Å². The molecule has 4 rings (SSSR count). The number of nitro groups is 1. The fourth-order valence-corrected chi connectivity index (χ4v) is 3.61. The SMILES string of the molecule is CCOc1ccc2nc(NC(=O)c3ccc(-n4cncn4)c([N+](=O)[O-])c3)sc2c1. The fourth-order valence-electron chi connectivity index (χ4n) is 2.72. The Morgan fingerprint density at radius 2 is 2.17 bits per heavy atom. The highest BCUT2D eigenvalue weighted by molar-refractivity contribution is 7.22. The number of hydrogen-bond acceptors (Lipinski definition) is 8. The molecule has 29 heavy (non-hydrogen) atoms. The first-order chi connectivity index (χ1) is 14.0. The molecule has 0 fully saturated rings. The lowest BCUT2D eigenvalue weighted by Gasteiger charge is -2.05. The van der Waals surface area contributed by atoms with E-state index in [0.29, 0.717) is 11.7 Å². The van der Waals surface area contributed by atoms with Gasteiger partial charge in [0.15, 0.2) is 5.13 Å². The number of anilines is 1. The summed E-state index contributed by atoms with van der Waals surface area (Å²) in [5, 5.41) is 18.4. The standard InChI is InChI=1S/C18H14N6O4S/c1-2-28-12-4-5-13-16(8-12)29-18(21-13)22-17(25)11-3-6-14(15(7-11)24(26)27)23-10-19-9-20-23/h3-10H,2H2,1H3,(H,21,22,25). The van der Waals surface area contributed by atoms with Crippen LogP contribution < -0.4 is 10.1 Å². The average Bonchev–Trinajstić information content (AvgIpc) is 3.37. The quantitative estimate of drug-likeness (QED) is 0.381. The lowest BCUT2D eigenvalue weighted by atomic mass is 10.1. The average molecular weight is 410 g/mol. The topological polar surface area (TPSA) is 125 Å². The first-order valence-corrected chi connectivity index (χ1v) is 9.35. The van der Waals surface area contributed by atoms with Crippen LogP contribution in [0.3, 0.4) is 0 Å². The molecule has 146 valence electrons. The Hall–Kier alpha value is -3.86. The number of fused-ring (bicyclic) bond motifs is 1. The minimum absolute atomic E-state index is 0.134. The highest BCUT2D eigenvalue weighted by Gasteiger charge is 2.20. The third-order valence-electron chi connectivity index (χ3n) is 3.99. The molecule has 0 saturated carbocycles. The number of hydrogen-bond donors (Lipinski definition) is 1. The maximum atomic E-state index is 12.6. The summed E-state index contributed by atoms with van der Waals surface area (Å²) in [5.74, 6) is 0.225. The van der Waals surface area contributed by atoms with Crippen LogP contribution in [0.1, 0.15) is 17.3 Å². The van der Waals surface area contributed by atoms with E-state index in [2.05, 4.69) is 20.4 Å². The number of thiazole rings is 1. The summed E-state index contributed by atoms with van der Waals surface area (Å²) >= 11 is 1.29. The number of amides is 1. The molecule has 0 aliphatic rings. The molecule has 0 aliphatic carbocycles. The van der Waals surface area contributed by atoms with Crippen molar-refractivity contribution in [2.24, 2.45) is 0 Å². The van der Waals surface area contributed by atoms with E-state index in [0.717, 1.165) is 16.0 Å². The Morgan fingerprint density at radius 3 is 2.90 bits per heavy atom. The first-order valence-electron chi connectivity index (χ1n) is 8.53. The summed E-state index contributed by atoms with van der Waals surface area (Å²) in [6.45, 7) is 2.45. The van der Waals surface area contributed by atoms with Crippen molar-refractivity contribution in [1.29, 1.82) is 0 Å². The largest absolute Gasteiger partial charge is 0.494 e. The lowest BCUT2D eigenvalue weighted by Crippen LogP contribution is -2.12. The van der Waals surface area contributed by atoms with Gasteiger partial charge in [-0.15, -0.1) is 0 Å². The van der Waals surface area contributed by atoms with E-state index in [1.54, 1.807) is 0 Å². The van der Waals surface area contributed by atoms with Gasteiger partial charge in [-0.2, -0.15) is 5.10 Å². The van der Waals surface area contributed by atoms with Crippen molar-refractivity contribution >= 4 is 38.3 Å². The molecular formula is C18H14N6O4S. The van der Waals surface area contributed by atoms with Crippen molar-refractivity contribution < 1.29 is 14.5 Å². The summed E-state index contributed by atoms with van der Waals surface area (Å²) in [6, 6.07) is 9.61. The summed E-state index contributed by atoms with van der Waals surface area (Å²) in [6.07, 6.45) is 2.62. The molecule has 11 heteroatoms. The molecule has 2 aromatic heterocycles. The van der Waals surface area contributed by atoms with Crippen molar-refractivity contribution in [3.05, 3.63) is 64.7 Å². The molecule has 0 radical (unpaired) electrons. The van der Waals surface area contributed by atoms with Gasteiger partial charge in [-0.1, -0.05) is 11.3 Å². The second-order valence-corrected chi connectivity index (χ2v) is 6.87. The number of nitrogens with zero attached hydrogens (tertiary/aromatic N) is 5. The van der Waals surface area contributed by atoms with Gasteiger partial charge in [0.1, 0.15) is 24.1 Å². The summed E-state index contributed by atoms with van der Waals surface area (Å²) in [5.41, 5.74) is 0.817. The van der Waals surface area contributed by atoms with Crippen molar-refractivity contribution in [2.45, 2.75) is 6.92 Å². The molecule has 1 N–H and O–H groups in total. The molecule has 4 aromatic rings. The molecule has 0 aliphatic heterocycles. The minimum Gasteiger partial charge on any atom is -0.494 e. The Balaban J connectivity index is 1.60. The Kier molecular flexibility index (Phi) is 4.87. The summed E-state index contributed by atoms with van der Waals surface area (Å²) in [4.78, 5) is 31.6. The van der Waals surface area contributed by atoms with E-state index in [1.165, 1.54) is 46.9 Å². The van der Waals surface area contributed by atoms with Gasteiger partial charge >= 0.3 is 0 Å². The summed E-state index contributed by atoms with van der Waals surface area (Å²) in [7, 11) is 0. The zero-order valence-corrected chi connectivity index (χ0v) is 15.9. The van der Waals surface area contributed by atoms with E-state index in [9.17, 15) is 14.9 Å². The molecule has 10 nitrogen and oxygen atoms in total. The molecule has 0 spiro atoms. The van der Waals surface area contributed by atoms with Gasteiger partial charge in [-0.25, -0.2) is 14.6 Å². The van der Waals surface area contributed by atoms with E-state index in [4.69, 9.17) is 4.74 Å². The van der Waals surface area contributed by atoms with Crippen molar-refractivity contribution in [2.75, 3.05) is 11.9 Å². The first kappa shape index (κ1) is 18.5. The highest BCUT2D eigenvalue weighted by atomic mass is 32.1. The predicted molar refractivity (Wildman–Crippen MR) is 107 cm³/mol. The van der Waals surface area contributed by atoms with Gasteiger partial charge in [-0.3, -0.25) is 20.2 Å². The van der Waals surface area contributed by atoms with Crippen molar-refractivity contribution in [3.63, 3.8) is 0 Å². The van der Waals surface area contributed by atoms with Crippen LogP contribution in [0.2, 0.25) is 0 Å². The second-order valence-electron chi connectivity index (χ2n) is 5.84. The Bertz CT molecular complexity index is 1200. The van der Waals surface area contributed by atoms with Gasteiger partial charge in [0.05, 0.1) is 21.7 Å². The van der Waals surface area contributed by atoms with Crippen LogP contribution in [0.4, 0.5) is 10.8 Å². The number of carbonyl (C=O) groups excluding carboxylic acids is 1. The number of carbonyl (C=O) groups is 1. The molecule has 2 heterocycles. The molecule has 0 atom stereocenters. The van der Waals surface area contributed by atoms with Gasteiger partial charge in [0, 0.05) is 11.6 Å². The Morgan fingerprint density at radius 1 is 1.31 bits per heavy atom. The van der Waals surface area contributed by atoms with Gasteiger partial charge < -0.3 is 4.74 Å². The number of aromatic nitrogens is 4. The third-order valence-corrected chi connectivity index (χ3v) is 4.92. The molecule has 1 amide bonds. The normalized spacial score (nSPS) is 10.8. The molecular weight excluding hydrogens is 396 g/mol. The number of nitro benzene ring substituents is 1. The van der Waals surface area contributed by atoms with Gasteiger partial charge in [-0.05, 0) is 37.3 Å². The van der Waals surface area contributed by atoms with E-state index in [-0.39, 0.29) is 16.9 Å². The lowest BCUT2D eigenvalue weighted by molar-refractivity contribution is -0.384. The third kappa shape index (κ3) is 3.75. The maximum Gasteiger partial charge on any atom is 0.295 e. The van der Waals surface area contributed by atoms with E-state index in [1.807, 2.05) is 25.1 Å². The zero-order valence-electron chi connectivity index (χ0n) is 15.1. The van der Waals surface area contributed by atoms with E-state index < -0.39 is 10.8 Å². The van der Waals surface area contributed by atoms with Crippen LogP contribution in [0.25, 0.3) is 15.9 Å². The zero-order chi connectivity index (χ0) is 20.4. The second kappa shape index (κ2) is 7.64. The number of benzene rings is 2.